The number of allylic oxidation sites excluding steroid dienone is 1. The number of carbonyl (C=O) groups excluding carboxylic acids is 1. The predicted molar refractivity (Wildman–Crippen MR) is 83.4 cm³/mol. The molecule has 1 rings (SSSR count). The monoisotopic (exact) mass is 258 g/mol. The Bertz CT molecular complexity index is 404. The minimum Gasteiger partial charge on any atom is -0.299 e. The lowest BCUT2D eigenvalue weighted by Crippen LogP contribution is -1.95. The maximum Gasteiger partial charge on any atom is 0.142 e. The molecule has 0 amide bonds. The highest BCUT2D eigenvalue weighted by atomic mass is 16.1. The molecule has 0 radical (unpaired) electrons. The van der Waals surface area contributed by atoms with Crippen molar-refractivity contribution in [3.05, 3.63) is 41.0 Å². The molecule has 19 heavy (non-hydrogen) atoms. The molecule has 0 bridgehead atoms. The van der Waals surface area contributed by atoms with Crippen LogP contribution in [0, 0.1) is 0 Å². The third kappa shape index (κ3) is 5.87. The molecule has 1 aromatic rings. The molecule has 0 fully saturated rings. The van der Waals surface area contributed by atoms with Crippen LogP contribution in [0.5, 0.6) is 0 Å². The largest absolute Gasteiger partial charge is 0.299 e. The van der Waals surface area contributed by atoms with Crippen molar-refractivity contribution in [2.24, 2.45) is 0 Å². The van der Waals surface area contributed by atoms with E-state index in [2.05, 4.69) is 32.0 Å². The van der Waals surface area contributed by atoms with E-state index < -0.39 is 0 Å². The van der Waals surface area contributed by atoms with E-state index in [-0.39, 0.29) is 0 Å². The molecule has 0 atom stereocenters. The van der Waals surface area contributed by atoms with Gasteiger partial charge in [0.25, 0.3) is 0 Å². The Labute approximate surface area is 117 Å². The fraction of sp³-hybridized carbons (Fsp3) is 0.500. The van der Waals surface area contributed by atoms with Crippen molar-refractivity contribution < 1.29 is 4.79 Å². The first kappa shape index (κ1) is 15.7. The van der Waals surface area contributed by atoms with Gasteiger partial charge < -0.3 is 0 Å². The molecule has 0 aliphatic rings. The smallest absolute Gasteiger partial charge is 0.142 e. The second kappa shape index (κ2) is 9.55. The Balaban J connectivity index is 2.73. The van der Waals surface area contributed by atoms with Crippen molar-refractivity contribution >= 4 is 12.4 Å². The van der Waals surface area contributed by atoms with Crippen LogP contribution in [-0.2, 0) is 17.6 Å². The molecule has 0 saturated carbocycles. The van der Waals surface area contributed by atoms with E-state index in [9.17, 15) is 4.79 Å². The zero-order chi connectivity index (χ0) is 13.9. The third-order valence-corrected chi connectivity index (χ3v) is 3.42. The van der Waals surface area contributed by atoms with Gasteiger partial charge in [-0.3, -0.25) is 4.79 Å². The molecule has 1 heteroatoms. The summed E-state index contributed by atoms with van der Waals surface area (Å²) in [5.74, 6) is 0. The molecule has 0 spiro atoms. The second-order valence-electron chi connectivity index (χ2n) is 5.08. The van der Waals surface area contributed by atoms with E-state index in [0.717, 1.165) is 18.3 Å². The maximum absolute atomic E-state index is 10.4. The van der Waals surface area contributed by atoms with Crippen molar-refractivity contribution in [1.29, 1.82) is 0 Å². The van der Waals surface area contributed by atoms with Crippen LogP contribution < -0.4 is 0 Å². The highest BCUT2D eigenvalue weighted by molar-refractivity contribution is 5.74. The predicted octanol–water partition coefficient (Wildman–Crippen LogP) is 4.97. The molecule has 1 aromatic carbocycles. The SMILES string of the molecule is CCCCCCc1ccc(/C=C/C=O)cc1CCC. The topological polar surface area (TPSA) is 17.1 Å². The molecule has 0 heterocycles. The Morgan fingerprint density at radius 1 is 0.947 bits per heavy atom. The Morgan fingerprint density at radius 2 is 1.79 bits per heavy atom. The van der Waals surface area contributed by atoms with Crippen LogP contribution in [0.3, 0.4) is 0 Å². The van der Waals surface area contributed by atoms with Gasteiger partial charge in [-0.05, 0) is 42.0 Å². The summed E-state index contributed by atoms with van der Waals surface area (Å²) in [6.45, 7) is 4.46. The van der Waals surface area contributed by atoms with Crippen LogP contribution in [0.4, 0.5) is 0 Å². The number of benzene rings is 1. The van der Waals surface area contributed by atoms with Gasteiger partial charge in [0.05, 0.1) is 0 Å². The minimum atomic E-state index is 0.832. The second-order valence-corrected chi connectivity index (χ2v) is 5.08. The van der Waals surface area contributed by atoms with Crippen LogP contribution in [0.15, 0.2) is 24.3 Å². The normalized spacial score (nSPS) is 11.1. The molecule has 1 nitrogen and oxygen atoms in total. The first-order chi connectivity index (χ1) is 9.31. The molecule has 104 valence electrons. The van der Waals surface area contributed by atoms with Gasteiger partial charge in [-0.15, -0.1) is 0 Å². The number of hydrogen-bond donors (Lipinski definition) is 0. The van der Waals surface area contributed by atoms with Crippen LogP contribution >= 0.6 is 0 Å². The molecule has 0 saturated heterocycles. The van der Waals surface area contributed by atoms with Crippen molar-refractivity contribution in [3.8, 4) is 0 Å². The van der Waals surface area contributed by atoms with Crippen molar-refractivity contribution in [3.63, 3.8) is 0 Å². The number of unbranched alkanes of at least 4 members (excludes halogenated alkanes) is 3. The standard InChI is InChI=1S/C18H26O/c1-3-5-6-7-11-17-13-12-16(10-8-14-19)15-18(17)9-4-2/h8,10,12-15H,3-7,9,11H2,1-2H3/b10-8+. The molecule has 0 aliphatic carbocycles. The number of hydrogen-bond acceptors (Lipinski definition) is 1. The molecular weight excluding hydrogens is 232 g/mol. The average Bonchev–Trinajstić information content (AvgIpc) is 2.43. The van der Waals surface area contributed by atoms with Gasteiger partial charge in [-0.25, -0.2) is 0 Å². The van der Waals surface area contributed by atoms with Gasteiger partial charge in [0.2, 0.25) is 0 Å². The first-order valence-electron chi connectivity index (χ1n) is 7.55. The van der Waals surface area contributed by atoms with Crippen molar-refractivity contribution in [2.75, 3.05) is 0 Å². The Hall–Kier alpha value is -1.37. The number of rotatable bonds is 9. The van der Waals surface area contributed by atoms with Crippen LogP contribution in [0.25, 0.3) is 6.08 Å². The van der Waals surface area contributed by atoms with Crippen LogP contribution in [0.1, 0.15) is 62.6 Å². The summed E-state index contributed by atoms with van der Waals surface area (Å²) in [7, 11) is 0. The Kier molecular flexibility index (Phi) is 7.88. The summed E-state index contributed by atoms with van der Waals surface area (Å²) >= 11 is 0. The number of carbonyl (C=O) groups is 1. The summed E-state index contributed by atoms with van der Waals surface area (Å²) in [5.41, 5.74) is 4.07. The molecular formula is C18H26O. The number of aldehydes is 1. The lowest BCUT2D eigenvalue weighted by molar-refractivity contribution is -0.104. The molecule has 0 N–H and O–H groups in total. The zero-order valence-corrected chi connectivity index (χ0v) is 12.3. The molecule has 0 aromatic heterocycles. The number of aryl methyl sites for hydroxylation is 2. The summed E-state index contributed by atoms with van der Waals surface area (Å²) < 4.78 is 0. The minimum absolute atomic E-state index is 0.832. The van der Waals surface area contributed by atoms with Crippen molar-refractivity contribution in [1.82, 2.24) is 0 Å². The summed E-state index contributed by atoms with van der Waals surface area (Å²) in [4.78, 5) is 10.4. The lowest BCUT2D eigenvalue weighted by atomic mass is 9.96. The molecule has 0 aliphatic heterocycles. The summed E-state index contributed by atoms with van der Waals surface area (Å²) in [5, 5.41) is 0. The van der Waals surface area contributed by atoms with Gasteiger partial charge in [0.1, 0.15) is 6.29 Å². The van der Waals surface area contributed by atoms with E-state index in [1.54, 1.807) is 6.08 Å². The zero-order valence-electron chi connectivity index (χ0n) is 12.3. The van der Waals surface area contributed by atoms with Crippen LogP contribution in [0.2, 0.25) is 0 Å². The van der Waals surface area contributed by atoms with Gasteiger partial charge in [-0.1, -0.05) is 63.8 Å². The first-order valence-corrected chi connectivity index (χ1v) is 7.55. The van der Waals surface area contributed by atoms with Crippen LogP contribution in [-0.4, -0.2) is 6.29 Å². The van der Waals surface area contributed by atoms with E-state index >= 15 is 0 Å². The van der Waals surface area contributed by atoms with Gasteiger partial charge in [-0.2, -0.15) is 0 Å². The van der Waals surface area contributed by atoms with E-state index in [4.69, 9.17) is 0 Å². The van der Waals surface area contributed by atoms with E-state index in [1.807, 2.05) is 6.08 Å². The van der Waals surface area contributed by atoms with E-state index in [0.29, 0.717) is 0 Å². The quantitative estimate of drug-likeness (QED) is 0.347. The van der Waals surface area contributed by atoms with Gasteiger partial charge in [0.15, 0.2) is 0 Å². The fourth-order valence-corrected chi connectivity index (χ4v) is 2.39. The maximum atomic E-state index is 10.4. The third-order valence-electron chi connectivity index (χ3n) is 3.42. The average molecular weight is 258 g/mol. The van der Waals surface area contributed by atoms with Gasteiger partial charge in [0, 0.05) is 0 Å². The Morgan fingerprint density at radius 3 is 2.47 bits per heavy atom. The highest BCUT2D eigenvalue weighted by Gasteiger charge is 2.02. The summed E-state index contributed by atoms with van der Waals surface area (Å²) in [6.07, 6.45) is 13.0. The van der Waals surface area contributed by atoms with E-state index in [1.165, 1.54) is 49.7 Å². The van der Waals surface area contributed by atoms with Gasteiger partial charge >= 0.3 is 0 Å². The fourth-order valence-electron chi connectivity index (χ4n) is 2.39. The highest BCUT2D eigenvalue weighted by Crippen LogP contribution is 2.18. The van der Waals surface area contributed by atoms with Crippen molar-refractivity contribution in [2.45, 2.75) is 58.8 Å². The molecule has 0 unspecified atom stereocenters. The lowest BCUT2D eigenvalue weighted by Gasteiger charge is -2.10. The summed E-state index contributed by atoms with van der Waals surface area (Å²) in [6, 6.07) is 6.59.